The van der Waals surface area contributed by atoms with Crippen molar-refractivity contribution in [1.82, 2.24) is 0 Å². The van der Waals surface area contributed by atoms with Crippen molar-refractivity contribution in [3.63, 3.8) is 0 Å². The lowest BCUT2D eigenvalue weighted by molar-refractivity contribution is -0.384. The van der Waals surface area contributed by atoms with Crippen LogP contribution in [0.5, 0.6) is 0 Å². The van der Waals surface area contributed by atoms with E-state index in [-0.39, 0.29) is 16.5 Å². The van der Waals surface area contributed by atoms with Crippen LogP contribution < -0.4 is 5.63 Å². The summed E-state index contributed by atoms with van der Waals surface area (Å²) in [7, 11) is 0. The average molecular weight is 276 g/mol. The monoisotopic (exact) mass is 275 g/mol. The molecule has 1 aromatic heterocycles. The Balaban J connectivity index is 2.28. The largest absolute Gasteiger partial charge is 0.414 e. The molecule has 19 heavy (non-hydrogen) atoms. The van der Waals surface area contributed by atoms with E-state index in [4.69, 9.17) is 16.0 Å². The van der Waals surface area contributed by atoms with Crippen molar-refractivity contribution in [2.45, 2.75) is 0 Å². The van der Waals surface area contributed by atoms with Gasteiger partial charge in [0.15, 0.2) is 5.76 Å². The third-order valence-electron chi connectivity index (χ3n) is 2.14. The number of rotatable bonds is 1. The van der Waals surface area contributed by atoms with Crippen LogP contribution in [-0.4, -0.2) is 4.92 Å². The maximum Gasteiger partial charge on any atom is 0.338 e. The highest BCUT2D eigenvalue weighted by molar-refractivity contribution is 6.30. The predicted octanol–water partition coefficient (Wildman–Crippen LogP) is 2.60. The Morgan fingerprint density at radius 2 is 1.84 bits per heavy atom. The van der Waals surface area contributed by atoms with Gasteiger partial charge < -0.3 is 4.42 Å². The Morgan fingerprint density at radius 1 is 1.16 bits per heavy atom. The van der Waals surface area contributed by atoms with Gasteiger partial charge in [-0.2, -0.15) is 0 Å². The summed E-state index contributed by atoms with van der Waals surface area (Å²) in [5, 5.41) is 10.7. The highest BCUT2D eigenvalue weighted by Crippen LogP contribution is 2.11. The van der Waals surface area contributed by atoms with Gasteiger partial charge in [-0.3, -0.25) is 10.1 Å². The first-order chi connectivity index (χ1) is 9.04. The topological polar surface area (TPSA) is 73.3 Å². The van der Waals surface area contributed by atoms with E-state index in [9.17, 15) is 14.9 Å². The summed E-state index contributed by atoms with van der Waals surface area (Å²) >= 11 is 5.68. The molecule has 2 aromatic rings. The smallest absolute Gasteiger partial charge is 0.338 e. The van der Waals surface area contributed by atoms with Gasteiger partial charge in [0.1, 0.15) is 0 Å². The molecule has 5 nitrogen and oxygen atoms in total. The number of non-ortho nitro benzene ring substituents is 1. The number of hydrogen-bond donors (Lipinski definition) is 0. The molecular weight excluding hydrogens is 270 g/mol. The van der Waals surface area contributed by atoms with Crippen LogP contribution in [0, 0.1) is 22.0 Å². The molecule has 0 atom stereocenters. The van der Waals surface area contributed by atoms with Crippen molar-refractivity contribution >= 4 is 17.3 Å². The molecule has 0 saturated carbocycles. The van der Waals surface area contributed by atoms with Gasteiger partial charge in [0.25, 0.3) is 5.69 Å². The zero-order chi connectivity index (χ0) is 13.8. The third kappa shape index (κ3) is 3.44. The van der Waals surface area contributed by atoms with Crippen molar-refractivity contribution in [1.29, 1.82) is 0 Å². The molecular formula is C13H6ClNO4. The summed E-state index contributed by atoms with van der Waals surface area (Å²) in [4.78, 5) is 21.0. The molecule has 0 spiro atoms. The number of nitro groups is 1. The Labute approximate surface area is 112 Å². The normalized spacial score (nSPS) is 9.53. The molecule has 0 aliphatic rings. The van der Waals surface area contributed by atoms with Gasteiger partial charge in [-0.15, -0.1) is 0 Å². The molecule has 0 aliphatic heterocycles. The lowest BCUT2D eigenvalue weighted by atomic mass is 10.2. The minimum Gasteiger partial charge on any atom is -0.414 e. The van der Waals surface area contributed by atoms with E-state index in [1.165, 1.54) is 30.3 Å². The van der Waals surface area contributed by atoms with Crippen molar-refractivity contribution in [2.24, 2.45) is 0 Å². The molecule has 0 amide bonds. The lowest BCUT2D eigenvalue weighted by Gasteiger charge is -1.92. The first-order valence-electron chi connectivity index (χ1n) is 5.12. The van der Waals surface area contributed by atoms with Crippen LogP contribution >= 0.6 is 11.6 Å². The SMILES string of the molecule is O=c1cc(Cl)cc(C#Cc2ccc([N+](=O)[O-])cc2)o1. The van der Waals surface area contributed by atoms with Gasteiger partial charge in [0.05, 0.1) is 9.95 Å². The van der Waals surface area contributed by atoms with Gasteiger partial charge in [0, 0.05) is 29.8 Å². The van der Waals surface area contributed by atoms with Crippen molar-refractivity contribution < 1.29 is 9.34 Å². The Kier molecular flexibility index (Phi) is 3.64. The predicted molar refractivity (Wildman–Crippen MR) is 69.1 cm³/mol. The number of nitro benzene ring substituents is 1. The fourth-order valence-corrected chi connectivity index (χ4v) is 1.50. The van der Waals surface area contributed by atoms with Crippen LogP contribution in [0.2, 0.25) is 5.02 Å². The molecule has 0 radical (unpaired) electrons. The average Bonchev–Trinajstić information content (AvgIpc) is 2.36. The number of nitrogens with zero attached hydrogens (tertiary/aromatic N) is 1. The van der Waals surface area contributed by atoms with Crippen LogP contribution in [0.4, 0.5) is 5.69 Å². The van der Waals surface area contributed by atoms with Gasteiger partial charge in [-0.1, -0.05) is 17.5 Å². The van der Waals surface area contributed by atoms with Crippen LogP contribution in [0.25, 0.3) is 0 Å². The second kappa shape index (κ2) is 5.38. The maximum atomic E-state index is 11.0. The zero-order valence-corrected chi connectivity index (χ0v) is 10.2. The maximum absolute atomic E-state index is 11.0. The fourth-order valence-electron chi connectivity index (χ4n) is 1.31. The standard InChI is InChI=1S/C13H6ClNO4/c14-10-7-12(19-13(16)8-10)6-3-9-1-4-11(5-2-9)15(17)18/h1-2,4-5,7-8H. The summed E-state index contributed by atoms with van der Waals surface area (Å²) in [6.07, 6.45) is 0. The molecule has 0 fully saturated rings. The summed E-state index contributed by atoms with van der Waals surface area (Å²) in [5.74, 6) is 5.47. The summed E-state index contributed by atoms with van der Waals surface area (Å²) in [6, 6.07) is 8.26. The molecule has 1 aromatic carbocycles. The van der Waals surface area contributed by atoms with E-state index < -0.39 is 10.5 Å². The Morgan fingerprint density at radius 3 is 2.42 bits per heavy atom. The number of benzene rings is 1. The first kappa shape index (κ1) is 12.9. The minimum absolute atomic E-state index is 0.0140. The van der Waals surface area contributed by atoms with Crippen molar-refractivity contribution in [2.75, 3.05) is 0 Å². The minimum atomic E-state index is -0.583. The fraction of sp³-hybridized carbons (Fsp3) is 0. The van der Waals surface area contributed by atoms with E-state index in [2.05, 4.69) is 11.8 Å². The third-order valence-corrected chi connectivity index (χ3v) is 2.36. The summed E-state index contributed by atoms with van der Waals surface area (Å²) in [6.45, 7) is 0. The van der Waals surface area contributed by atoms with E-state index in [1.807, 2.05) is 0 Å². The van der Waals surface area contributed by atoms with Crippen LogP contribution in [0.3, 0.4) is 0 Å². The summed E-state index contributed by atoms with van der Waals surface area (Å²) in [5.41, 5.74) is -0.0337. The van der Waals surface area contributed by atoms with Crippen LogP contribution in [0.1, 0.15) is 11.3 Å². The molecule has 1 heterocycles. The molecule has 0 unspecified atom stereocenters. The Hall–Kier alpha value is -2.58. The van der Waals surface area contributed by atoms with Crippen LogP contribution in [0.15, 0.2) is 45.6 Å². The van der Waals surface area contributed by atoms with Crippen molar-refractivity contribution in [3.05, 3.63) is 73.3 Å². The molecule has 2 rings (SSSR count). The van der Waals surface area contributed by atoms with E-state index in [1.54, 1.807) is 0 Å². The number of halogens is 1. The summed E-state index contributed by atoms with van der Waals surface area (Å²) < 4.78 is 4.82. The molecule has 6 heteroatoms. The second-order valence-corrected chi connectivity index (χ2v) is 3.95. The van der Waals surface area contributed by atoms with E-state index in [0.29, 0.717) is 5.56 Å². The van der Waals surface area contributed by atoms with Crippen molar-refractivity contribution in [3.8, 4) is 11.8 Å². The van der Waals surface area contributed by atoms with E-state index >= 15 is 0 Å². The molecule has 0 aliphatic carbocycles. The highest BCUT2D eigenvalue weighted by atomic mass is 35.5. The molecule has 94 valence electrons. The first-order valence-corrected chi connectivity index (χ1v) is 5.49. The van der Waals surface area contributed by atoms with E-state index in [0.717, 1.165) is 6.07 Å². The second-order valence-electron chi connectivity index (χ2n) is 3.51. The quantitative estimate of drug-likeness (QED) is 0.455. The zero-order valence-electron chi connectivity index (χ0n) is 9.42. The van der Waals surface area contributed by atoms with Gasteiger partial charge in [-0.25, -0.2) is 4.79 Å². The van der Waals surface area contributed by atoms with Gasteiger partial charge in [0.2, 0.25) is 0 Å². The van der Waals surface area contributed by atoms with Gasteiger partial charge >= 0.3 is 5.63 Å². The van der Waals surface area contributed by atoms with Gasteiger partial charge in [-0.05, 0) is 18.1 Å². The lowest BCUT2D eigenvalue weighted by Crippen LogP contribution is -1.96. The van der Waals surface area contributed by atoms with Crippen LogP contribution in [-0.2, 0) is 0 Å². The highest BCUT2D eigenvalue weighted by Gasteiger charge is 2.02. The molecule has 0 bridgehead atoms. The molecule has 0 N–H and O–H groups in total. The number of hydrogen-bond acceptors (Lipinski definition) is 4. The molecule has 0 saturated heterocycles. The Bertz CT molecular complexity index is 738.